The van der Waals surface area contributed by atoms with Gasteiger partial charge in [0.2, 0.25) is 11.8 Å². The average Bonchev–Trinajstić information content (AvgIpc) is 3.25. The number of nitriles is 1. The quantitative estimate of drug-likeness (QED) is 0.588. The van der Waals surface area contributed by atoms with Crippen LogP contribution in [-0.2, 0) is 4.74 Å². The number of hydrogen-bond donors (Lipinski definition) is 2. The molecule has 3 N–H and O–H groups in total. The first-order valence-corrected chi connectivity index (χ1v) is 9.58. The third-order valence-corrected chi connectivity index (χ3v) is 5.28. The van der Waals surface area contributed by atoms with E-state index in [9.17, 15) is 10.1 Å². The summed E-state index contributed by atoms with van der Waals surface area (Å²) >= 11 is 0. The molecule has 2 aromatic carbocycles. The summed E-state index contributed by atoms with van der Waals surface area (Å²) in [5, 5.41) is 17.1. The van der Waals surface area contributed by atoms with Crippen molar-refractivity contribution < 1.29 is 23.7 Å². The molecule has 0 aliphatic carbocycles. The second-order valence-electron chi connectivity index (χ2n) is 6.92. The molecule has 1 aliphatic heterocycles. The van der Waals surface area contributed by atoms with Gasteiger partial charge in [-0.15, -0.1) is 5.10 Å². The van der Waals surface area contributed by atoms with E-state index in [1.165, 1.54) is 7.11 Å². The third-order valence-electron chi connectivity index (χ3n) is 5.28. The summed E-state index contributed by atoms with van der Waals surface area (Å²) in [6.45, 7) is 0. The van der Waals surface area contributed by atoms with Gasteiger partial charge in [0, 0.05) is 5.56 Å². The van der Waals surface area contributed by atoms with Crippen LogP contribution in [0.15, 0.2) is 53.9 Å². The van der Waals surface area contributed by atoms with E-state index in [1.807, 2.05) is 0 Å². The highest BCUT2D eigenvalue weighted by atomic mass is 16.5. The Morgan fingerprint density at radius 1 is 1.16 bits per heavy atom. The van der Waals surface area contributed by atoms with E-state index in [4.69, 9.17) is 24.7 Å². The third kappa shape index (κ3) is 3.37. The summed E-state index contributed by atoms with van der Waals surface area (Å²) in [6, 6.07) is 14.3. The fraction of sp³-hybridized carbons (Fsp3) is 0.174. The number of fused-ring (bicyclic) bond motifs is 1. The van der Waals surface area contributed by atoms with Crippen LogP contribution in [0, 0.1) is 11.3 Å². The molecule has 0 saturated carbocycles. The normalized spacial score (nSPS) is 14.8. The molecule has 3 aromatic rings. The van der Waals surface area contributed by atoms with Crippen molar-refractivity contribution in [1.82, 2.24) is 10.2 Å². The lowest BCUT2D eigenvalue weighted by molar-refractivity contribution is 0.0600. The largest absolute Gasteiger partial charge is 0.497 e. The molecule has 32 heavy (non-hydrogen) atoms. The van der Waals surface area contributed by atoms with Crippen LogP contribution in [0.3, 0.4) is 0 Å². The molecule has 0 fully saturated rings. The number of allylic oxidation sites excluding steroid dienone is 1. The lowest BCUT2D eigenvalue weighted by atomic mass is 9.82. The number of carbonyl (C=O) groups excluding carboxylic acids is 1. The highest BCUT2D eigenvalue weighted by Gasteiger charge is 2.36. The molecule has 0 bridgehead atoms. The van der Waals surface area contributed by atoms with Crippen LogP contribution in [0.25, 0.3) is 11.3 Å². The summed E-state index contributed by atoms with van der Waals surface area (Å²) in [4.78, 5) is 11.8. The molecule has 1 atom stereocenters. The first-order chi connectivity index (χ1) is 15.5. The molecule has 0 amide bonds. The van der Waals surface area contributed by atoms with Crippen molar-refractivity contribution in [2.45, 2.75) is 5.92 Å². The molecule has 1 unspecified atom stereocenters. The van der Waals surface area contributed by atoms with Gasteiger partial charge in [0.15, 0.2) is 0 Å². The van der Waals surface area contributed by atoms with Gasteiger partial charge in [-0.2, -0.15) is 5.26 Å². The fourth-order valence-corrected chi connectivity index (χ4v) is 3.72. The van der Waals surface area contributed by atoms with Crippen LogP contribution in [0.1, 0.15) is 27.4 Å². The zero-order chi connectivity index (χ0) is 22.8. The molecule has 0 saturated heterocycles. The number of esters is 1. The molecule has 9 nitrogen and oxygen atoms in total. The first kappa shape index (κ1) is 20.8. The number of H-pyrrole nitrogens is 1. The number of hydrogen-bond acceptors (Lipinski definition) is 8. The molecule has 162 valence electrons. The standard InChI is InChI=1S/C23H20N4O5/c1-29-14-8-9-17(30-2)15(10-14)20-19-18(12-4-6-13(7-5-12)23(28)31-3)16(11-24)21(25)32-22(19)27-26-20/h4-10,18H,25H2,1-3H3,(H,26,27). The van der Waals surface area contributed by atoms with Crippen LogP contribution in [-0.4, -0.2) is 37.5 Å². The molecule has 1 aliphatic rings. The number of aromatic amines is 1. The predicted octanol–water partition coefficient (Wildman–Crippen LogP) is 3.10. The molecular formula is C23H20N4O5. The number of aromatic nitrogens is 2. The van der Waals surface area contributed by atoms with E-state index in [0.717, 1.165) is 5.56 Å². The van der Waals surface area contributed by atoms with Crippen molar-refractivity contribution in [2.75, 3.05) is 21.3 Å². The van der Waals surface area contributed by atoms with E-state index < -0.39 is 11.9 Å². The lowest BCUT2D eigenvalue weighted by Crippen LogP contribution is -2.21. The van der Waals surface area contributed by atoms with Crippen LogP contribution >= 0.6 is 0 Å². The van der Waals surface area contributed by atoms with Crippen LogP contribution in [0.5, 0.6) is 17.4 Å². The highest BCUT2D eigenvalue weighted by molar-refractivity contribution is 5.89. The summed E-state index contributed by atoms with van der Waals surface area (Å²) in [6.07, 6.45) is 0. The summed E-state index contributed by atoms with van der Waals surface area (Å²) < 4.78 is 21.3. The molecular weight excluding hydrogens is 412 g/mol. The van der Waals surface area contributed by atoms with Crippen molar-refractivity contribution in [3.8, 4) is 34.7 Å². The minimum Gasteiger partial charge on any atom is -0.497 e. The minimum atomic E-state index is -0.583. The molecule has 4 rings (SSSR count). The molecule has 1 aromatic heterocycles. The maximum atomic E-state index is 11.8. The zero-order valence-corrected chi connectivity index (χ0v) is 17.6. The van der Waals surface area contributed by atoms with Crippen LogP contribution < -0.4 is 19.9 Å². The van der Waals surface area contributed by atoms with Gasteiger partial charge in [-0.25, -0.2) is 4.79 Å². The van der Waals surface area contributed by atoms with Gasteiger partial charge < -0.3 is 24.7 Å². The van der Waals surface area contributed by atoms with Gasteiger partial charge in [0.05, 0.1) is 44.1 Å². The van der Waals surface area contributed by atoms with Crippen molar-refractivity contribution >= 4 is 5.97 Å². The minimum absolute atomic E-state index is 0.0299. The van der Waals surface area contributed by atoms with Crippen molar-refractivity contribution in [2.24, 2.45) is 5.73 Å². The van der Waals surface area contributed by atoms with Crippen molar-refractivity contribution in [3.63, 3.8) is 0 Å². The topological polar surface area (TPSA) is 132 Å². The number of benzene rings is 2. The number of nitrogens with two attached hydrogens (primary N) is 1. The number of carbonyl (C=O) groups is 1. The maximum absolute atomic E-state index is 11.8. The van der Waals surface area contributed by atoms with Crippen molar-refractivity contribution in [3.05, 3.63) is 70.6 Å². The van der Waals surface area contributed by atoms with Gasteiger partial charge in [-0.3, -0.25) is 5.10 Å². The van der Waals surface area contributed by atoms with Gasteiger partial charge >= 0.3 is 5.97 Å². The Balaban J connectivity index is 1.92. The number of nitrogens with one attached hydrogen (secondary N) is 1. The monoisotopic (exact) mass is 432 g/mol. The summed E-state index contributed by atoms with van der Waals surface area (Å²) in [5.41, 5.74) is 9.28. The van der Waals surface area contributed by atoms with E-state index in [0.29, 0.717) is 33.9 Å². The fourth-order valence-electron chi connectivity index (χ4n) is 3.72. The highest BCUT2D eigenvalue weighted by Crippen LogP contribution is 2.47. The van der Waals surface area contributed by atoms with Crippen molar-refractivity contribution in [1.29, 1.82) is 5.26 Å². The molecule has 0 radical (unpaired) electrons. The van der Waals surface area contributed by atoms with Gasteiger partial charge in [0.25, 0.3) is 0 Å². The van der Waals surface area contributed by atoms with E-state index in [1.54, 1.807) is 56.7 Å². The molecule has 2 heterocycles. The molecule has 0 spiro atoms. The number of methoxy groups -OCH3 is 3. The summed E-state index contributed by atoms with van der Waals surface area (Å²) in [7, 11) is 4.45. The van der Waals surface area contributed by atoms with Gasteiger partial charge in [-0.1, -0.05) is 12.1 Å². The Morgan fingerprint density at radius 3 is 2.53 bits per heavy atom. The number of rotatable bonds is 5. The first-order valence-electron chi connectivity index (χ1n) is 9.58. The number of nitrogens with zero attached hydrogens (tertiary/aromatic N) is 2. The SMILES string of the molecule is COC(=O)c1ccc(C2C(C#N)=C(N)Oc3n[nH]c(-c4cc(OC)ccc4OC)c32)cc1. The van der Waals surface area contributed by atoms with Gasteiger partial charge in [0.1, 0.15) is 23.1 Å². The van der Waals surface area contributed by atoms with Crippen LogP contribution in [0.2, 0.25) is 0 Å². The summed E-state index contributed by atoms with van der Waals surface area (Å²) in [5.74, 6) is 0.389. The Morgan fingerprint density at radius 2 is 1.91 bits per heavy atom. The average molecular weight is 432 g/mol. The second kappa shape index (κ2) is 8.35. The lowest BCUT2D eigenvalue weighted by Gasteiger charge is -2.24. The maximum Gasteiger partial charge on any atom is 0.337 e. The second-order valence-corrected chi connectivity index (χ2v) is 6.92. The van der Waals surface area contributed by atoms with E-state index >= 15 is 0 Å². The predicted molar refractivity (Wildman–Crippen MR) is 114 cm³/mol. The number of ether oxygens (including phenoxy) is 4. The Hall–Kier alpha value is -4.45. The smallest absolute Gasteiger partial charge is 0.337 e. The molecule has 9 heteroatoms. The van der Waals surface area contributed by atoms with Gasteiger partial charge in [-0.05, 0) is 35.9 Å². The van der Waals surface area contributed by atoms with E-state index in [-0.39, 0.29) is 17.3 Å². The van der Waals surface area contributed by atoms with Crippen LogP contribution in [0.4, 0.5) is 0 Å². The Kier molecular flexibility index (Phi) is 5.43. The van der Waals surface area contributed by atoms with E-state index in [2.05, 4.69) is 16.3 Å². The Bertz CT molecular complexity index is 1250. The zero-order valence-electron chi connectivity index (χ0n) is 17.6. The Labute approximate surface area is 184 Å².